The van der Waals surface area contributed by atoms with E-state index in [2.05, 4.69) is 19.2 Å². The van der Waals surface area contributed by atoms with Crippen LogP contribution in [0.25, 0.3) is 0 Å². The number of nitrogens with zero attached hydrogens (tertiary/aromatic N) is 1. The number of sulfonamides is 1. The molecule has 0 radical (unpaired) electrons. The lowest BCUT2D eigenvalue weighted by Crippen LogP contribution is -2.41. The minimum Gasteiger partial charge on any atom is -0.348 e. The highest BCUT2D eigenvalue weighted by Gasteiger charge is 2.29. The predicted octanol–water partition coefficient (Wildman–Crippen LogP) is 2.74. The van der Waals surface area contributed by atoms with Crippen molar-refractivity contribution in [2.45, 2.75) is 69.4 Å². The molecule has 7 heteroatoms. The van der Waals surface area contributed by atoms with Gasteiger partial charge in [-0.25, -0.2) is 8.42 Å². The molecule has 1 aliphatic rings. The summed E-state index contributed by atoms with van der Waals surface area (Å²) < 4.78 is 27.2. The van der Waals surface area contributed by atoms with Crippen LogP contribution in [0.3, 0.4) is 0 Å². The molecule has 152 valence electrons. The van der Waals surface area contributed by atoms with Gasteiger partial charge in [-0.05, 0) is 49.4 Å². The van der Waals surface area contributed by atoms with Crippen LogP contribution in [0, 0.1) is 5.92 Å². The third-order valence-corrected chi connectivity index (χ3v) is 7.18. The molecular formula is C20H33N3O3S. The van der Waals surface area contributed by atoms with E-state index in [0.717, 1.165) is 32.1 Å². The van der Waals surface area contributed by atoms with Gasteiger partial charge in [0.2, 0.25) is 10.0 Å². The van der Waals surface area contributed by atoms with Gasteiger partial charge in [0, 0.05) is 31.2 Å². The van der Waals surface area contributed by atoms with E-state index in [4.69, 9.17) is 5.73 Å². The quantitative estimate of drug-likeness (QED) is 0.708. The van der Waals surface area contributed by atoms with Gasteiger partial charge in [-0.15, -0.1) is 0 Å². The SMILES string of the molecule is CC(C)CC(CN)NC(=O)c1ccc(S(=O)(=O)N(C)C2CCCCC2)cc1. The smallest absolute Gasteiger partial charge is 0.251 e. The van der Waals surface area contributed by atoms with E-state index in [1.54, 1.807) is 19.2 Å². The Labute approximate surface area is 163 Å². The van der Waals surface area contributed by atoms with Crippen LogP contribution in [-0.4, -0.2) is 44.3 Å². The number of benzene rings is 1. The zero-order valence-corrected chi connectivity index (χ0v) is 17.5. The molecular weight excluding hydrogens is 362 g/mol. The summed E-state index contributed by atoms with van der Waals surface area (Å²) in [5.41, 5.74) is 6.17. The molecule has 2 rings (SSSR count). The van der Waals surface area contributed by atoms with E-state index in [-0.39, 0.29) is 22.9 Å². The van der Waals surface area contributed by atoms with Crippen LogP contribution in [0.4, 0.5) is 0 Å². The van der Waals surface area contributed by atoms with E-state index in [9.17, 15) is 13.2 Å². The molecule has 0 bridgehead atoms. The van der Waals surface area contributed by atoms with Gasteiger partial charge in [0.25, 0.3) is 5.91 Å². The Balaban J connectivity index is 2.07. The van der Waals surface area contributed by atoms with Crippen molar-refractivity contribution >= 4 is 15.9 Å². The van der Waals surface area contributed by atoms with Gasteiger partial charge in [-0.1, -0.05) is 33.1 Å². The topological polar surface area (TPSA) is 92.5 Å². The minimum atomic E-state index is -3.54. The molecule has 0 aliphatic heterocycles. The van der Waals surface area contributed by atoms with Gasteiger partial charge in [-0.2, -0.15) is 4.31 Å². The van der Waals surface area contributed by atoms with Crippen molar-refractivity contribution in [2.24, 2.45) is 11.7 Å². The van der Waals surface area contributed by atoms with Crippen molar-refractivity contribution in [1.82, 2.24) is 9.62 Å². The average molecular weight is 396 g/mol. The fourth-order valence-electron chi connectivity index (χ4n) is 3.64. The largest absolute Gasteiger partial charge is 0.348 e. The second kappa shape index (κ2) is 9.66. The summed E-state index contributed by atoms with van der Waals surface area (Å²) in [6.45, 7) is 4.54. The molecule has 0 saturated heterocycles. The lowest BCUT2D eigenvalue weighted by atomic mass is 9.96. The first-order valence-electron chi connectivity index (χ1n) is 9.84. The van der Waals surface area contributed by atoms with Crippen molar-refractivity contribution in [3.63, 3.8) is 0 Å². The third kappa shape index (κ3) is 5.77. The summed E-state index contributed by atoms with van der Waals surface area (Å²) in [6, 6.07) is 6.15. The van der Waals surface area contributed by atoms with Crippen molar-refractivity contribution in [3.05, 3.63) is 29.8 Å². The Hall–Kier alpha value is -1.44. The van der Waals surface area contributed by atoms with Crippen LogP contribution in [0.1, 0.15) is 62.7 Å². The van der Waals surface area contributed by atoms with Crippen LogP contribution in [-0.2, 0) is 10.0 Å². The molecule has 0 aromatic heterocycles. The summed E-state index contributed by atoms with van der Waals surface area (Å²) in [4.78, 5) is 12.6. The first kappa shape index (κ1) is 21.9. The molecule has 1 aromatic rings. The monoisotopic (exact) mass is 395 g/mol. The highest BCUT2D eigenvalue weighted by molar-refractivity contribution is 7.89. The molecule has 0 spiro atoms. The highest BCUT2D eigenvalue weighted by atomic mass is 32.2. The standard InChI is InChI=1S/C20H33N3O3S/c1-15(2)13-17(14-21)22-20(24)16-9-11-19(12-10-16)27(25,26)23(3)18-7-5-4-6-8-18/h9-12,15,17-18H,4-8,13-14,21H2,1-3H3,(H,22,24). The zero-order chi connectivity index (χ0) is 20.0. The summed E-state index contributed by atoms with van der Waals surface area (Å²) in [7, 11) is -1.89. The number of carbonyl (C=O) groups excluding carboxylic acids is 1. The summed E-state index contributed by atoms with van der Waals surface area (Å²) in [6.07, 6.45) is 5.94. The lowest BCUT2D eigenvalue weighted by molar-refractivity contribution is 0.0933. The first-order valence-corrected chi connectivity index (χ1v) is 11.3. The van der Waals surface area contributed by atoms with E-state index < -0.39 is 10.0 Å². The van der Waals surface area contributed by atoms with Crippen molar-refractivity contribution in [2.75, 3.05) is 13.6 Å². The number of nitrogens with one attached hydrogen (secondary N) is 1. The van der Waals surface area contributed by atoms with Crippen molar-refractivity contribution in [3.8, 4) is 0 Å². The molecule has 1 amide bonds. The fraction of sp³-hybridized carbons (Fsp3) is 0.650. The van der Waals surface area contributed by atoms with Crippen molar-refractivity contribution < 1.29 is 13.2 Å². The second-order valence-corrected chi connectivity index (χ2v) is 9.87. The average Bonchev–Trinajstić information content (AvgIpc) is 2.67. The van der Waals surface area contributed by atoms with Crippen LogP contribution < -0.4 is 11.1 Å². The van der Waals surface area contributed by atoms with Crippen molar-refractivity contribution in [1.29, 1.82) is 0 Å². The molecule has 1 saturated carbocycles. The summed E-state index contributed by atoms with van der Waals surface area (Å²) in [5.74, 6) is 0.206. The summed E-state index contributed by atoms with van der Waals surface area (Å²) >= 11 is 0. The van der Waals surface area contributed by atoms with Gasteiger partial charge in [0.15, 0.2) is 0 Å². The minimum absolute atomic E-state index is 0.0630. The molecule has 1 atom stereocenters. The predicted molar refractivity (Wildman–Crippen MR) is 108 cm³/mol. The Morgan fingerprint density at radius 3 is 2.30 bits per heavy atom. The molecule has 1 unspecified atom stereocenters. The molecule has 1 fully saturated rings. The first-order chi connectivity index (χ1) is 12.8. The van der Waals surface area contributed by atoms with Crippen LogP contribution in [0.2, 0.25) is 0 Å². The molecule has 0 heterocycles. The molecule has 1 aromatic carbocycles. The van der Waals surface area contributed by atoms with E-state index in [1.807, 2.05) is 0 Å². The summed E-state index contributed by atoms with van der Waals surface area (Å²) in [5, 5.41) is 2.92. The number of nitrogens with two attached hydrogens (primary N) is 1. The van der Waals surface area contributed by atoms with Gasteiger partial charge in [-0.3, -0.25) is 4.79 Å². The van der Waals surface area contributed by atoms with Crippen LogP contribution in [0.5, 0.6) is 0 Å². The van der Waals surface area contributed by atoms with Gasteiger partial charge in [0.05, 0.1) is 4.90 Å². The second-order valence-electron chi connectivity index (χ2n) is 7.87. The van der Waals surface area contributed by atoms with Gasteiger partial charge < -0.3 is 11.1 Å². The maximum Gasteiger partial charge on any atom is 0.251 e. The Bertz CT molecular complexity index is 710. The molecule has 27 heavy (non-hydrogen) atoms. The lowest BCUT2D eigenvalue weighted by Gasteiger charge is -2.30. The van der Waals surface area contributed by atoms with Gasteiger partial charge in [0.1, 0.15) is 0 Å². The Kier molecular flexibility index (Phi) is 7.82. The Morgan fingerprint density at radius 1 is 1.19 bits per heavy atom. The van der Waals surface area contributed by atoms with E-state index in [0.29, 0.717) is 18.0 Å². The molecule has 1 aliphatic carbocycles. The Morgan fingerprint density at radius 2 is 1.78 bits per heavy atom. The van der Waals surface area contributed by atoms with E-state index >= 15 is 0 Å². The number of hydrogen-bond donors (Lipinski definition) is 2. The fourth-order valence-corrected chi connectivity index (χ4v) is 5.05. The van der Waals surface area contributed by atoms with Crippen LogP contribution in [0.15, 0.2) is 29.2 Å². The number of rotatable bonds is 8. The normalized spacial score (nSPS) is 17.3. The molecule has 3 N–H and O–H groups in total. The zero-order valence-electron chi connectivity index (χ0n) is 16.6. The van der Waals surface area contributed by atoms with Gasteiger partial charge >= 0.3 is 0 Å². The number of amides is 1. The third-order valence-electron chi connectivity index (χ3n) is 5.26. The molecule has 6 nitrogen and oxygen atoms in total. The maximum atomic E-state index is 12.9. The maximum absolute atomic E-state index is 12.9. The van der Waals surface area contributed by atoms with Crippen LogP contribution >= 0.6 is 0 Å². The number of hydrogen-bond acceptors (Lipinski definition) is 4. The highest BCUT2D eigenvalue weighted by Crippen LogP contribution is 2.26. The number of carbonyl (C=O) groups is 1. The van der Waals surface area contributed by atoms with E-state index in [1.165, 1.54) is 22.9 Å².